The topological polar surface area (TPSA) is 95.2 Å². The van der Waals surface area contributed by atoms with Gasteiger partial charge < -0.3 is 4.98 Å². The van der Waals surface area contributed by atoms with Crippen molar-refractivity contribution in [3.8, 4) is 0 Å². The zero-order valence-corrected chi connectivity index (χ0v) is 15.8. The van der Waals surface area contributed by atoms with Crippen LogP contribution in [0.4, 0.5) is 10.3 Å². The van der Waals surface area contributed by atoms with Gasteiger partial charge in [0.2, 0.25) is 16.0 Å². The van der Waals surface area contributed by atoms with Crippen molar-refractivity contribution in [2.24, 2.45) is 0 Å². The summed E-state index contributed by atoms with van der Waals surface area (Å²) in [6, 6.07) is 10.6. The first-order chi connectivity index (χ1) is 13.4. The Bertz CT molecular complexity index is 1100. The van der Waals surface area contributed by atoms with Gasteiger partial charge >= 0.3 is 0 Å². The highest BCUT2D eigenvalue weighted by molar-refractivity contribution is 7.89. The average Bonchev–Trinajstić information content (AvgIpc) is 3.11. The first-order valence-corrected chi connectivity index (χ1v) is 10.4. The Labute approximate surface area is 161 Å². The summed E-state index contributed by atoms with van der Waals surface area (Å²) in [6.45, 7) is 0.717. The summed E-state index contributed by atoms with van der Waals surface area (Å²) in [6.07, 6.45) is 2.44. The Hall–Kier alpha value is -2.78. The number of aromatic amines is 1. The molecule has 7 nitrogen and oxygen atoms in total. The number of hydrogen-bond acceptors (Lipinski definition) is 4. The Morgan fingerprint density at radius 3 is 2.61 bits per heavy atom. The van der Waals surface area contributed by atoms with Crippen molar-refractivity contribution >= 4 is 32.9 Å². The Morgan fingerprint density at radius 2 is 1.86 bits per heavy atom. The molecule has 1 saturated heterocycles. The van der Waals surface area contributed by atoms with Crippen LogP contribution in [0, 0.1) is 5.82 Å². The van der Waals surface area contributed by atoms with Gasteiger partial charge in [0.1, 0.15) is 10.7 Å². The van der Waals surface area contributed by atoms with Crippen LogP contribution in [-0.4, -0.2) is 41.7 Å². The van der Waals surface area contributed by atoms with Gasteiger partial charge in [-0.1, -0.05) is 18.6 Å². The van der Waals surface area contributed by atoms with Crippen LogP contribution < -0.4 is 5.32 Å². The number of hydrogen-bond donors (Lipinski definition) is 2. The van der Waals surface area contributed by atoms with Crippen molar-refractivity contribution in [1.82, 2.24) is 14.3 Å². The summed E-state index contributed by atoms with van der Waals surface area (Å²) in [5.74, 6) is -1.21. The van der Waals surface area contributed by atoms with Crippen molar-refractivity contribution in [3.63, 3.8) is 0 Å². The van der Waals surface area contributed by atoms with Crippen LogP contribution in [0.2, 0.25) is 0 Å². The molecular weight excluding hydrogens is 383 g/mol. The number of carbonyl (C=O) groups excluding carboxylic acids is 1. The summed E-state index contributed by atoms with van der Waals surface area (Å²) < 4.78 is 41.2. The molecule has 1 aliphatic rings. The van der Waals surface area contributed by atoms with E-state index in [9.17, 15) is 17.6 Å². The van der Waals surface area contributed by atoms with Gasteiger partial charge in [-0.3, -0.25) is 10.1 Å². The van der Waals surface area contributed by atoms with E-state index in [4.69, 9.17) is 0 Å². The smallest absolute Gasteiger partial charge is 0.258 e. The van der Waals surface area contributed by atoms with Crippen LogP contribution in [-0.2, 0) is 10.0 Å². The number of piperidine rings is 1. The van der Waals surface area contributed by atoms with Gasteiger partial charge in [-0.2, -0.15) is 4.31 Å². The fourth-order valence-electron chi connectivity index (χ4n) is 3.28. The first kappa shape index (κ1) is 18.6. The fourth-order valence-corrected chi connectivity index (χ4v) is 4.89. The van der Waals surface area contributed by atoms with E-state index in [1.165, 1.54) is 10.4 Å². The minimum atomic E-state index is -3.99. The van der Waals surface area contributed by atoms with Crippen molar-refractivity contribution in [3.05, 3.63) is 53.8 Å². The maximum absolute atomic E-state index is 14.3. The molecule has 0 aliphatic carbocycles. The number of anilines is 1. The number of nitrogens with zero attached hydrogens (tertiary/aromatic N) is 2. The minimum absolute atomic E-state index is 0.0393. The number of halogens is 1. The number of para-hydroxylation sites is 2. The van der Waals surface area contributed by atoms with Crippen LogP contribution in [0.15, 0.2) is 47.4 Å². The zero-order chi connectivity index (χ0) is 19.7. The molecule has 0 spiro atoms. The van der Waals surface area contributed by atoms with Crippen molar-refractivity contribution in [2.75, 3.05) is 18.4 Å². The molecule has 3 aromatic rings. The Kier molecular flexibility index (Phi) is 4.86. The van der Waals surface area contributed by atoms with E-state index in [1.54, 1.807) is 6.07 Å². The van der Waals surface area contributed by atoms with Gasteiger partial charge in [0, 0.05) is 18.7 Å². The number of sulfonamides is 1. The lowest BCUT2D eigenvalue weighted by Crippen LogP contribution is -2.36. The minimum Gasteiger partial charge on any atom is -0.324 e. The normalized spacial score (nSPS) is 15.6. The number of carbonyl (C=O) groups is 1. The van der Waals surface area contributed by atoms with E-state index in [1.807, 2.05) is 18.2 Å². The second kappa shape index (κ2) is 7.33. The number of aromatic nitrogens is 2. The van der Waals surface area contributed by atoms with E-state index < -0.39 is 26.6 Å². The van der Waals surface area contributed by atoms with Crippen LogP contribution in [0.5, 0.6) is 0 Å². The number of rotatable bonds is 4. The van der Waals surface area contributed by atoms with Gasteiger partial charge in [0.25, 0.3) is 5.91 Å². The largest absolute Gasteiger partial charge is 0.324 e. The van der Waals surface area contributed by atoms with E-state index in [0.717, 1.165) is 36.9 Å². The number of benzene rings is 2. The summed E-state index contributed by atoms with van der Waals surface area (Å²) in [5.41, 5.74) is 1.48. The highest BCUT2D eigenvalue weighted by Crippen LogP contribution is 2.24. The second-order valence-corrected chi connectivity index (χ2v) is 8.57. The summed E-state index contributed by atoms with van der Waals surface area (Å²) in [5, 5.41) is 2.59. The quantitative estimate of drug-likeness (QED) is 0.701. The molecule has 0 radical (unpaired) electrons. The molecule has 4 rings (SSSR count). The molecule has 1 aromatic heterocycles. The third-order valence-corrected chi connectivity index (χ3v) is 6.66. The van der Waals surface area contributed by atoms with Crippen LogP contribution in [0.3, 0.4) is 0 Å². The molecular formula is C19H19FN4O3S. The molecule has 0 atom stereocenters. The van der Waals surface area contributed by atoms with Gasteiger partial charge in [-0.05, 0) is 43.2 Å². The molecule has 2 heterocycles. The molecule has 1 fully saturated rings. The molecule has 0 bridgehead atoms. The van der Waals surface area contributed by atoms with Crippen molar-refractivity contribution in [2.45, 2.75) is 24.2 Å². The molecule has 1 amide bonds. The standard InChI is InChI=1S/C19H19FN4O3S/c20-14-9-8-13(12-17(14)28(26,27)24-10-4-1-5-11-24)18(25)23-19-21-15-6-2-3-7-16(15)22-19/h2-3,6-9,12H,1,4-5,10-11H2,(H2,21,22,23,25). The zero-order valence-electron chi connectivity index (χ0n) is 15.0. The molecule has 9 heteroatoms. The predicted molar refractivity (Wildman–Crippen MR) is 103 cm³/mol. The van der Waals surface area contributed by atoms with Crippen LogP contribution in [0.25, 0.3) is 11.0 Å². The lowest BCUT2D eigenvalue weighted by Gasteiger charge is -2.26. The molecule has 146 valence electrons. The maximum Gasteiger partial charge on any atom is 0.258 e. The monoisotopic (exact) mass is 402 g/mol. The van der Waals surface area contributed by atoms with Crippen LogP contribution in [0.1, 0.15) is 29.6 Å². The number of amides is 1. The number of H-pyrrole nitrogens is 1. The number of nitrogens with one attached hydrogen (secondary N) is 2. The predicted octanol–water partition coefficient (Wildman–Crippen LogP) is 3.13. The average molecular weight is 402 g/mol. The van der Waals surface area contributed by atoms with Gasteiger partial charge in [0.15, 0.2) is 0 Å². The highest BCUT2D eigenvalue weighted by Gasteiger charge is 2.29. The molecule has 28 heavy (non-hydrogen) atoms. The van der Waals surface area contributed by atoms with Gasteiger partial charge in [0.05, 0.1) is 11.0 Å². The summed E-state index contributed by atoms with van der Waals surface area (Å²) in [7, 11) is -3.99. The molecule has 0 unspecified atom stereocenters. The van der Waals surface area contributed by atoms with E-state index >= 15 is 0 Å². The third-order valence-electron chi connectivity index (χ3n) is 4.75. The third kappa shape index (κ3) is 3.50. The lowest BCUT2D eigenvalue weighted by molar-refractivity contribution is 0.102. The highest BCUT2D eigenvalue weighted by atomic mass is 32.2. The SMILES string of the molecule is O=C(Nc1nc2ccccc2[nH]1)c1ccc(F)c(S(=O)(=O)N2CCCCC2)c1. The Morgan fingerprint density at radius 1 is 1.11 bits per heavy atom. The van der Waals surface area contributed by atoms with E-state index in [2.05, 4.69) is 15.3 Å². The van der Waals surface area contributed by atoms with Gasteiger partial charge in [-0.25, -0.2) is 17.8 Å². The van der Waals surface area contributed by atoms with Crippen LogP contribution >= 0.6 is 0 Å². The van der Waals surface area contributed by atoms with Gasteiger partial charge in [-0.15, -0.1) is 0 Å². The first-order valence-electron chi connectivity index (χ1n) is 9.01. The lowest BCUT2D eigenvalue weighted by atomic mass is 10.2. The van der Waals surface area contributed by atoms with Crippen molar-refractivity contribution < 1.29 is 17.6 Å². The van der Waals surface area contributed by atoms with E-state index in [0.29, 0.717) is 18.6 Å². The van der Waals surface area contributed by atoms with Crippen molar-refractivity contribution in [1.29, 1.82) is 0 Å². The summed E-state index contributed by atoms with van der Waals surface area (Å²) >= 11 is 0. The maximum atomic E-state index is 14.3. The molecule has 1 aliphatic heterocycles. The number of fused-ring (bicyclic) bond motifs is 1. The van der Waals surface area contributed by atoms with E-state index in [-0.39, 0.29) is 11.5 Å². The summed E-state index contributed by atoms with van der Waals surface area (Å²) in [4.78, 5) is 19.3. The number of imidazole rings is 1. The second-order valence-electron chi connectivity index (χ2n) is 6.67. The molecule has 2 aromatic carbocycles. The fraction of sp³-hybridized carbons (Fsp3) is 0.263. The molecule has 2 N–H and O–H groups in total. The Balaban J connectivity index is 1.61. The molecule has 0 saturated carbocycles.